The Bertz CT molecular complexity index is 619. The quantitative estimate of drug-likeness (QED) is 0.887. The number of nitrogens with two attached hydrogens (primary N) is 1. The first-order chi connectivity index (χ1) is 9.47. The van der Waals surface area contributed by atoms with Gasteiger partial charge in [0.1, 0.15) is 0 Å². The Kier molecular flexibility index (Phi) is 4.57. The van der Waals surface area contributed by atoms with Crippen molar-refractivity contribution >= 4 is 17.2 Å². The van der Waals surface area contributed by atoms with Crippen molar-refractivity contribution in [2.75, 3.05) is 0 Å². The van der Waals surface area contributed by atoms with Gasteiger partial charge in [-0.2, -0.15) is 0 Å². The molecule has 2 rings (SSSR count). The highest BCUT2D eigenvalue weighted by atomic mass is 32.1. The number of carbonyl (C=O) groups excluding carboxylic acids is 1. The molecule has 0 fully saturated rings. The van der Waals surface area contributed by atoms with Crippen LogP contribution in [0.15, 0.2) is 30.3 Å². The molecule has 0 saturated carbocycles. The average molecular weight is 288 g/mol. The summed E-state index contributed by atoms with van der Waals surface area (Å²) in [5.74, 6) is -0.385. The highest BCUT2D eigenvalue weighted by Gasteiger charge is 2.11. The molecule has 0 aliphatic heterocycles. The van der Waals surface area contributed by atoms with Crippen LogP contribution >= 0.6 is 11.3 Å². The third-order valence-electron chi connectivity index (χ3n) is 3.37. The van der Waals surface area contributed by atoms with Crippen LogP contribution in [0.2, 0.25) is 0 Å². The van der Waals surface area contributed by atoms with E-state index in [0.29, 0.717) is 5.56 Å². The van der Waals surface area contributed by atoms with Gasteiger partial charge >= 0.3 is 0 Å². The molecule has 1 amide bonds. The molecule has 0 aliphatic carbocycles. The monoisotopic (exact) mass is 288 g/mol. The number of thiophene rings is 1. The molecule has 1 aromatic heterocycles. The van der Waals surface area contributed by atoms with Crippen LogP contribution in [0.25, 0.3) is 0 Å². The Balaban J connectivity index is 2.03. The minimum atomic E-state index is -0.385. The van der Waals surface area contributed by atoms with Crippen molar-refractivity contribution in [2.24, 2.45) is 5.73 Å². The number of aryl methyl sites for hydroxylation is 2. The van der Waals surface area contributed by atoms with Gasteiger partial charge in [-0.3, -0.25) is 4.79 Å². The lowest BCUT2D eigenvalue weighted by Gasteiger charge is -2.14. The summed E-state index contributed by atoms with van der Waals surface area (Å²) in [7, 11) is 0. The van der Waals surface area contributed by atoms with E-state index in [2.05, 4.69) is 32.2 Å². The number of rotatable bonds is 5. The Labute approximate surface area is 123 Å². The fraction of sp³-hybridized carbons (Fsp3) is 0.312. The molecule has 1 heterocycles. The van der Waals surface area contributed by atoms with Gasteiger partial charge in [0.05, 0.1) is 0 Å². The van der Waals surface area contributed by atoms with Gasteiger partial charge in [-0.1, -0.05) is 12.1 Å². The van der Waals surface area contributed by atoms with E-state index in [4.69, 9.17) is 5.73 Å². The Morgan fingerprint density at radius 3 is 2.70 bits per heavy atom. The third kappa shape index (κ3) is 3.46. The second-order valence-electron chi connectivity index (χ2n) is 5.04. The molecule has 1 atom stereocenters. The highest BCUT2D eigenvalue weighted by Crippen LogP contribution is 2.26. The van der Waals surface area contributed by atoms with Gasteiger partial charge in [-0.15, -0.1) is 11.3 Å². The first-order valence-corrected chi connectivity index (χ1v) is 7.48. The number of primary amides is 1. The summed E-state index contributed by atoms with van der Waals surface area (Å²) < 4.78 is 0. The van der Waals surface area contributed by atoms with Crippen molar-refractivity contribution in [3.63, 3.8) is 0 Å². The van der Waals surface area contributed by atoms with Crippen LogP contribution in [0.3, 0.4) is 0 Å². The molecule has 0 radical (unpaired) electrons. The summed E-state index contributed by atoms with van der Waals surface area (Å²) in [6.45, 7) is 7.16. The van der Waals surface area contributed by atoms with E-state index in [9.17, 15) is 4.79 Å². The summed E-state index contributed by atoms with van der Waals surface area (Å²) in [5.41, 5.74) is 8.26. The molecule has 1 aromatic carbocycles. The van der Waals surface area contributed by atoms with Crippen molar-refractivity contribution in [1.82, 2.24) is 5.32 Å². The van der Waals surface area contributed by atoms with E-state index >= 15 is 0 Å². The summed E-state index contributed by atoms with van der Waals surface area (Å²) in [6.07, 6.45) is 0. The van der Waals surface area contributed by atoms with Gasteiger partial charge in [0.2, 0.25) is 5.91 Å². The molecule has 2 aromatic rings. The molecule has 0 aliphatic rings. The van der Waals surface area contributed by atoms with Gasteiger partial charge in [0, 0.05) is 27.9 Å². The van der Waals surface area contributed by atoms with E-state index in [-0.39, 0.29) is 11.9 Å². The number of nitrogens with one attached hydrogen (secondary N) is 1. The lowest BCUT2D eigenvalue weighted by Crippen LogP contribution is -2.19. The molecule has 1 unspecified atom stereocenters. The zero-order chi connectivity index (χ0) is 14.7. The Morgan fingerprint density at radius 1 is 1.35 bits per heavy atom. The zero-order valence-corrected chi connectivity index (χ0v) is 12.9. The zero-order valence-electron chi connectivity index (χ0n) is 12.1. The molecule has 3 N–H and O–H groups in total. The van der Waals surface area contributed by atoms with Crippen molar-refractivity contribution in [1.29, 1.82) is 0 Å². The van der Waals surface area contributed by atoms with Crippen molar-refractivity contribution < 1.29 is 4.79 Å². The van der Waals surface area contributed by atoms with Gasteiger partial charge < -0.3 is 11.1 Å². The van der Waals surface area contributed by atoms with Crippen LogP contribution < -0.4 is 11.1 Å². The minimum absolute atomic E-state index is 0.289. The van der Waals surface area contributed by atoms with Crippen molar-refractivity contribution in [3.05, 3.63) is 56.8 Å². The van der Waals surface area contributed by atoms with E-state index in [0.717, 1.165) is 12.1 Å². The first kappa shape index (κ1) is 14.8. The third-order valence-corrected chi connectivity index (χ3v) is 4.35. The highest BCUT2D eigenvalue weighted by molar-refractivity contribution is 7.12. The second kappa shape index (κ2) is 6.20. The second-order valence-corrected chi connectivity index (χ2v) is 6.50. The van der Waals surface area contributed by atoms with Gasteiger partial charge in [0.15, 0.2) is 0 Å². The van der Waals surface area contributed by atoms with Crippen LogP contribution in [0.5, 0.6) is 0 Å². The minimum Gasteiger partial charge on any atom is -0.366 e. The number of hydrogen-bond donors (Lipinski definition) is 2. The van der Waals surface area contributed by atoms with E-state index in [1.807, 2.05) is 29.5 Å². The predicted molar refractivity (Wildman–Crippen MR) is 84.0 cm³/mol. The van der Waals surface area contributed by atoms with Crippen LogP contribution in [0.1, 0.15) is 44.2 Å². The molecule has 0 spiro atoms. The molecule has 20 heavy (non-hydrogen) atoms. The topological polar surface area (TPSA) is 55.1 Å². The van der Waals surface area contributed by atoms with Crippen LogP contribution in [0.4, 0.5) is 0 Å². The Hall–Kier alpha value is -1.65. The molecular formula is C16H20N2OS. The molecule has 0 saturated heterocycles. The number of hydrogen-bond acceptors (Lipinski definition) is 3. The summed E-state index contributed by atoms with van der Waals surface area (Å²) in [6, 6.07) is 9.96. The number of benzene rings is 1. The fourth-order valence-electron chi connectivity index (χ4n) is 2.30. The maximum atomic E-state index is 11.2. The maximum Gasteiger partial charge on any atom is 0.248 e. The smallest absolute Gasteiger partial charge is 0.248 e. The molecule has 3 nitrogen and oxygen atoms in total. The van der Waals surface area contributed by atoms with Crippen LogP contribution in [0, 0.1) is 13.8 Å². The lowest BCUT2D eigenvalue weighted by atomic mass is 10.1. The van der Waals surface area contributed by atoms with Crippen molar-refractivity contribution in [2.45, 2.75) is 33.4 Å². The molecular weight excluding hydrogens is 268 g/mol. The summed E-state index contributed by atoms with van der Waals surface area (Å²) in [5, 5.41) is 3.49. The van der Waals surface area contributed by atoms with E-state index in [1.165, 1.54) is 15.3 Å². The SMILES string of the molecule is Cc1cc(C(C)NCc2cccc(C(N)=O)c2)c(C)s1. The van der Waals surface area contributed by atoms with E-state index in [1.54, 1.807) is 6.07 Å². The van der Waals surface area contributed by atoms with Crippen LogP contribution in [-0.2, 0) is 6.54 Å². The molecule has 106 valence electrons. The summed E-state index contributed by atoms with van der Waals surface area (Å²) in [4.78, 5) is 13.9. The van der Waals surface area contributed by atoms with Gasteiger partial charge in [0.25, 0.3) is 0 Å². The first-order valence-electron chi connectivity index (χ1n) is 6.66. The molecule has 0 bridgehead atoms. The predicted octanol–water partition coefficient (Wildman–Crippen LogP) is 3.31. The fourth-order valence-corrected chi connectivity index (χ4v) is 3.32. The maximum absolute atomic E-state index is 11.2. The lowest BCUT2D eigenvalue weighted by molar-refractivity contribution is 0.1000. The number of amides is 1. The summed E-state index contributed by atoms with van der Waals surface area (Å²) >= 11 is 1.82. The Morgan fingerprint density at radius 2 is 2.10 bits per heavy atom. The normalized spacial score (nSPS) is 12.3. The van der Waals surface area contributed by atoms with Crippen molar-refractivity contribution in [3.8, 4) is 0 Å². The van der Waals surface area contributed by atoms with Crippen LogP contribution in [-0.4, -0.2) is 5.91 Å². The van der Waals surface area contributed by atoms with E-state index < -0.39 is 0 Å². The number of carbonyl (C=O) groups is 1. The average Bonchev–Trinajstić information content (AvgIpc) is 2.75. The standard InChI is InChI=1S/C16H20N2OS/c1-10-7-15(12(3)20-10)11(2)18-9-13-5-4-6-14(8-13)16(17)19/h4-8,11,18H,9H2,1-3H3,(H2,17,19). The largest absolute Gasteiger partial charge is 0.366 e. The van der Waals surface area contributed by atoms with Gasteiger partial charge in [-0.25, -0.2) is 0 Å². The molecule has 4 heteroatoms. The van der Waals surface area contributed by atoms with Gasteiger partial charge in [-0.05, 0) is 50.1 Å².